The van der Waals surface area contributed by atoms with Gasteiger partial charge in [-0.2, -0.15) is 0 Å². The Bertz CT molecular complexity index is 481. The number of rotatable bonds is 13. The van der Waals surface area contributed by atoms with Gasteiger partial charge in [0.15, 0.2) is 11.5 Å². The smallest absolute Gasteiger partial charge is 0.231 e. The average molecular weight is 445 g/mol. The molecule has 1 aromatic rings. The molecule has 25 heavy (non-hydrogen) atoms. The van der Waals surface area contributed by atoms with Gasteiger partial charge in [0.1, 0.15) is 0 Å². The number of fused-ring (bicyclic) bond motifs is 1. The normalized spacial score (nSPS) is 12.2. The van der Waals surface area contributed by atoms with Gasteiger partial charge >= 0.3 is 0 Å². The van der Waals surface area contributed by atoms with Crippen LogP contribution in [-0.2, 0) is 47.7 Å². The van der Waals surface area contributed by atoms with Crippen molar-refractivity contribution in [3.63, 3.8) is 0 Å². The standard InChI is InChI=1S/C19H30O5.Pd/c1-3-5-7-20-8-9-21-10-11-22-14-17-13-19-18(23-15-24-19)12-16(17)6-4-2;/h12-13H,3-11,14-15H2,1-2H3;. The average Bonchev–Trinajstić information content (AvgIpc) is 3.04. The Morgan fingerprint density at radius 1 is 0.800 bits per heavy atom. The zero-order chi connectivity index (χ0) is 17.0. The minimum absolute atomic E-state index is 0. The van der Waals surface area contributed by atoms with E-state index in [9.17, 15) is 0 Å². The molecule has 1 aliphatic heterocycles. The van der Waals surface area contributed by atoms with E-state index in [-0.39, 0.29) is 20.4 Å². The summed E-state index contributed by atoms with van der Waals surface area (Å²) >= 11 is 0. The summed E-state index contributed by atoms with van der Waals surface area (Å²) in [5, 5.41) is 0. The minimum atomic E-state index is 0. The second kappa shape index (κ2) is 13.6. The molecule has 1 aliphatic rings. The van der Waals surface area contributed by atoms with Gasteiger partial charge in [0.05, 0.1) is 33.0 Å². The maximum atomic E-state index is 5.75. The maximum absolute atomic E-state index is 5.75. The second-order valence-corrected chi connectivity index (χ2v) is 5.86. The Balaban J connectivity index is 0.00000312. The van der Waals surface area contributed by atoms with Gasteiger partial charge in [-0.1, -0.05) is 26.7 Å². The zero-order valence-corrected chi connectivity index (χ0v) is 16.8. The third kappa shape index (κ3) is 8.06. The zero-order valence-electron chi connectivity index (χ0n) is 15.3. The SMILES string of the molecule is CCCCOCCOCCOCc1cc2c(cc1CCC)OCO2.[Pd]. The van der Waals surface area contributed by atoms with E-state index in [1.807, 2.05) is 6.07 Å². The van der Waals surface area contributed by atoms with Gasteiger partial charge in [0.25, 0.3) is 0 Å². The molecule has 0 N–H and O–H groups in total. The summed E-state index contributed by atoms with van der Waals surface area (Å²) in [4.78, 5) is 0. The van der Waals surface area contributed by atoms with Crippen LogP contribution in [0.3, 0.4) is 0 Å². The number of hydrogen-bond acceptors (Lipinski definition) is 5. The largest absolute Gasteiger partial charge is 0.454 e. The Hall–Kier alpha value is -0.638. The monoisotopic (exact) mass is 444 g/mol. The number of unbranched alkanes of at least 4 members (excludes halogenated alkanes) is 1. The van der Waals surface area contributed by atoms with E-state index in [1.165, 1.54) is 11.1 Å². The van der Waals surface area contributed by atoms with Crippen molar-refractivity contribution >= 4 is 0 Å². The second-order valence-electron chi connectivity index (χ2n) is 5.86. The molecule has 1 heterocycles. The molecule has 2 rings (SSSR count). The van der Waals surface area contributed by atoms with Crippen molar-refractivity contribution in [1.29, 1.82) is 0 Å². The van der Waals surface area contributed by atoms with Crippen LogP contribution in [0, 0.1) is 0 Å². The minimum Gasteiger partial charge on any atom is -0.454 e. The molecular weight excluding hydrogens is 415 g/mol. The summed E-state index contributed by atoms with van der Waals surface area (Å²) in [5.74, 6) is 1.66. The molecule has 0 spiro atoms. The van der Waals surface area contributed by atoms with Crippen molar-refractivity contribution in [1.82, 2.24) is 0 Å². The van der Waals surface area contributed by atoms with Crippen LogP contribution in [0.25, 0.3) is 0 Å². The molecule has 5 nitrogen and oxygen atoms in total. The van der Waals surface area contributed by atoms with Crippen LogP contribution in [0.5, 0.6) is 11.5 Å². The van der Waals surface area contributed by atoms with Crippen molar-refractivity contribution in [3.8, 4) is 11.5 Å². The van der Waals surface area contributed by atoms with Gasteiger partial charge in [0.2, 0.25) is 6.79 Å². The Morgan fingerprint density at radius 2 is 1.40 bits per heavy atom. The number of benzene rings is 1. The predicted molar refractivity (Wildman–Crippen MR) is 92.8 cm³/mol. The maximum Gasteiger partial charge on any atom is 0.231 e. The molecule has 6 heteroatoms. The molecule has 0 bridgehead atoms. The van der Waals surface area contributed by atoms with Crippen LogP contribution in [-0.4, -0.2) is 39.8 Å². The first-order chi connectivity index (χ1) is 11.8. The van der Waals surface area contributed by atoms with Crippen molar-refractivity contribution in [2.24, 2.45) is 0 Å². The first-order valence-corrected chi connectivity index (χ1v) is 8.99. The molecule has 0 atom stereocenters. The van der Waals surface area contributed by atoms with Crippen LogP contribution in [0.4, 0.5) is 0 Å². The number of ether oxygens (including phenoxy) is 5. The molecule has 146 valence electrons. The van der Waals surface area contributed by atoms with Crippen LogP contribution < -0.4 is 9.47 Å². The van der Waals surface area contributed by atoms with Gasteiger partial charge in [-0.25, -0.2) is 0 Å². The molecule has 0 radical (unpaired) electrons. The molecule has 1 aromatic carbocycles. The van der Waals surface area contributed by atoms with E-state index >= 15 is 0 Å². The number of hydrogen-bond donors (Lipinski definition) is 0. The van der Waals surface area contributed by atoms with Crippen molar-refractivity contribution in [3.05, 3.63) is 23.3 Å². The predicted octanol–water partition coefficient (Wildman–Crippen LogP) is 3.72. The fourth-order valence-corrected chi connectivity index (χ4v) is 2.53. The third-order valence-electron chi connectivity index (χ3n) is 3.86. The van der Waals surface area contributed by atoms with Crippen molar-refractivity contribution < 1.29 is 44.1 Å². The van der Waals surface area contributed by atoms with Gasteiger partial charge < -0.3 is 23.7 Å². The molecule has 0 saturated heterocycles. The van der Waals surface area contributed by atoms with Gasteiger partial charge in [-0.05, 0) is 36.1 Å². The van der Waals surface area contributed by atoms with E-state index in [1.54, 1.807) is 0 Å². The molecule has 0 aromatic heterocycles. The summed E-state index contributed by atoms with van der Waals surface area (Å²) in [6, 6.07) is 4.12. The first-order valence-electron chi connectivity index (χ1n) is 8.99. The Kier molecular flexibility index (Phi) is 12.1. The summed E-state index contributed by atoms with van der Waals surface area (Å²) in [6.07, 6.45) is 4.38. The topological polar surface area (TPSA) is 46.2 Å². The van der Waals surface area contributed by atoms with Crippen molar-refractivity contribution in [2.45, 2.75) is 46.1 Å². The first kappa shape index (κ1) is 22.4. The van der Waals surface area contributed by atoms with Crippen LogP contribution in [0.1, 0.15) is 44.2 Å². The number of aryl methyl sites for hydroxylation is 1. The molecule has 0 unspecified atom stereocenters. The summed E-state index contributed by atoms with van der Waals surface area (Å²) in [7, 11) is 0. The molecule has 0 amide bonds. The van der Waals surface area contributed by atoms with E-state index in [4.69, 9.17) is 23.7 Å². The molecule has 0 saturated carbocycles. The fourth-order valence-electron chi connectivity index (χ4n) is 2.53. The van der Waals surface area contributed by atoms with E-state index in [2.05, 4.69) is 19.9 Å². The quantitative estimate of drug-likeness (QED) is 0.343. The van der Waals surface area contributed by atoms with E-state index in [0.29, 0.717) is 39.8 Å². The Labute approximate surface area is 165 Å². The van der Waals surface area contributed by atoms with Crippen molar-refractivity contribution in [2.75, 3.05) is 39.8 Å². The third-order valence-corrected chi connectivity index (χ3v) is 3.86. The van der Waals surface area contributed by atoms with Gasteiger partial charge in [-0.3, -0.25) is 0 Å². The van der Waals surface area contributed by atoms with Crippen LogP contribution >= 0.6 is 0 Å². The fraction of sp³-hybridized carbons (Fsp3) is 0.684. The summed E-state index contributed by atoms with van der Waals surface area (Å²) in [6.45, 7) is 8.47. The van der Waals surface area contributed by atoms with Gasteiger partial charge in [-0.15, -0.1) is 0 Å². The van der Waals surface area contributed by atoms with E-state index in [0.717, 1.165) is 43.8 Å². The summed E-state index contributed by atoms with van der Waals surface area (Å²) in [5.41, 5.74) is 2.44. The van der Waals surface area contributed by atoms with Crippen LogP contribution in [0.15, 0.2) is 12.1 Å². The molecule has 0 fully saturated rings. The molecule has 0 aliphatic carbocycles. The molecular formula is C19H30O5Pd. The summed E-state index contributed by atoms with van der Waals surface area (Å²) < 4.78 is 27.6. The van der Waals surface area contributed by atoms with Gasteiger partial charge in [0, 0.05) is 27.0 Å². The van der Waals surface area contributed by atoms with E-state index < -0.39 is 0 Å². The van der Waals surface area contributed by atoms with Crippen LogP contribution in [0.2, 0.25) is 0 Å². The Morgan fingerprint density at radius 3 is 2.04 bits per heavy atom.